The molecule has 35 heavy (non-hydrogen) atoms. The van der Waals surface area contributed by atoms with Gasteiger partial charge in [-0.15, -0.1) is 0 Å². The number of nitrogens with zero attached hydrogens (tertiary/aromatic N) is 2. The summed E-state index contributed by atoms with van der Waals surface area (Å²) in [6.45, 7) is 6.18. The number of pyridine rings is 1. The maximum absolute atomic E-state index is 10.7. The lowest BCUT2D eigenvalue weighted by Gasteiger charge is -2.21. The highest BCUT2D eigenvalue weighted by atomic mass is 35.5. The first-order valence-corrected chi connectivity index (χ1v) is 12.2. The Morgan fingerprint density at radius 3 is 2.31 bits per heavy atom. The van der Waals surface area contributed by atoms with E-state index in [0.717, 1.165) is 50.8 Å². The number of halogens is 2. The molecule has 3 rings (SSSR count). The molecule has 3 aromatic rings. The standard InChI is InChI=1S/C30H26Cl2N2O/c1-4-23(26-16-17-28(31)34-27(26)19-33)29(22-14-12-21(13-15-22)10-8-18-35)24(5-2)30(32)25-11-7-6-9-20(25)3/h6-18H,4-5H2,1-3H3/b10-8+,29-23+,30-24-. The highest BCUT2D eigenvalue weighted by Gasteiger charge is 2.21. The minimum Gasteiger partial charge on any atom is -0.299 e. The predicted octanol–water partition coefficient (Wildman–Crippen LogP) is 8.51. The number of hydrogen-bond acceptors (Lipinski definition) is 3. The minimum absolute atomic E-state index is 0.276. The largest absolute Gasteiger partial charge is 0.299 e. The van der Waals surface area contributed by atoms with Gasteiger partial charge >= 0.3 is 0 Å². The molecule has 1 aromatic heterocycles. The van der Waals surface area contributed by atoms with E-state index in [9.17, 15) is 10.1 Å². The van der Waals surface area contributed by atoms with Crippen LogP contribution in [0.15, 0.2) is 72.3 Å². The zero-order valence-electron chi connectivity index (χ0n) is 20.0. The van der Waals surface area contributed by atoms with Gasteiger partial charge in [0.1, 0.15) is 23.2 Å². The first kappa shape index (κ1) is 26.2. The summed E-state index contributed by atoms with van der Waals surface area (Å²) in [4.78, 5) is 15.0. The van der Waals surface area contributed by atoms with Crippen molar-refractivity contribution in [1.29, 1.82) is 5.26 Å². The van der Waals surface area contributed by atoms with Gasteiger partial charge in [-0.05, 0) is 76.9 Å². The van der Waals surface area contributed by atoms with Crippen LogP contribution in [-0.2, 0) is 4.79 Å². The van der Waals surface area contributed by atoms with E-state index in [1.807, 2.05) is 61.5 Å². The van der Waals surface area contributed by atoms with E-state index >= 15 is 0 Å². The van der Waals surface area contributed by atoms with E-state index in [1.165, 1.54) is 6.08 Å². The van der Waals surface area contributed by atoms with Gasteiger partial charge in [-0.3, -0.25) is 4.79 Å². The number of aryl methyl sites for hydroxylation is 1. The zero-order valence-corrected chi connectivity index (χ0v) is 21.5. The number of carbonyl (C=O) groups is 1. The third-order valence-electron chi connectivity index (χ3n) is 5.82. The summed E-state index contributed by atoms with van der Waals surface area (Å²) in [7, 11) is 0. The van der Waals surface area contributed by atoms with Gasteiger partial charge in [0, 0.05) is 5.56 Å². The molecule has 0 atom stereocenters. The van der Waals surface area contributed by atoms with Gasteiger partial charge in [0.05, 0.1) is 5.03 Å². The van der Waals surface area contributed by atoms with Crippen molar-refractivity contribution in [1.82, 2.24) is 4.98 Å². The number of nitriles is 1. The lowest BCUT2D eigenvalue weighted by Crippen LogP contribution is -2.01. The Morgan fingerprint density at radius 1 is 1.00 bits per heavy atom. The third-order valence-corrected chi connectivity index (χ3v) is 6.46. The Morgan fingerprint density at radius 2 is 1.71 bits per heavy atom. The molecule has 0 fully saturated rings. The Balaban J connectivity index is 2.40. The maximum Gasteiger partial charge on any atom is 0.149 e. The molecule has 0 spiro atoms. The molecule has 0 bridgehead atoms. The number of aromatic nitrogens is 1. The minimum atomic E-state index is 0.276. The van der Waals surface area contributed by atoms with Crippen LogP contribution in [0, 0.1) is 18.3 Å². The summed E-state index contributed by atoms with van der Waals surface area (Å²) in [6, 6.07) is 21.7. The zero-order chi connectivity index (χ0) is 25.4. The fourth-order valence-corrected chi connectivity index (χ4v) is 4.72. The predicted molar refractivity (Wildman–Crippen MR) is 147 cm³/mol. The molecule has 3 nitrogen and oxygen atoms in total. The van der Waals surface area contributed by atoms with Gasteiger partial charge < -0.3 is 0 Å². The lowest BCUT2D eigenvalue weighted by atomic mass is 9.85. The quantitative estimate of drug-likeness (QED) is 0.135. The average molecular weight is 501 g/mol. The topological polar surface area (TPSA) is 53.8 Å². The molecule has 0 amide bonds. The third kappa shape index (κ3) is 5.98. The summed E-state index contributed by atoms with van der Waals surface area (Å²) < 4.78 is 0. The van der Waals surface area contributed by atoms with Crippen LogP contribution in [0.1, 0.15) is 60.2 Å². The molecular weight excluding hydrogens is 475 g/mol. The molecular formula is C30H26Cl2N2O. The average Bonchev–Trinajstić information content (AvgIpc) is 2.88. The van der Waals surface area contributed by atoms with Crippen molar-refractivity contribution in [3.05, 3.63) is 111 Å². The Labute approximate surface area is 217 Å². The van der Waals surface area contributed by atoms with E-state index in [-0.39, 0.29) is 10.8 Å². The summed E-state index contributed by atoms with van der Waals surface area (Å²) in [5.41, 5.74) is 7.86. The summed E-state index contributed by atoms with van der Waals surface area (Å²) >= 11 is 13.2. The number of benzene rings is 2. The fraction of sp³-hybridized carbons (Fsp3) is 0.167. The fourth-order valence-electron chi connectivity index (χ4n) is 4.13. The van der Waals surface area contributed by atoms with Gasteiger partial charge in [0.15, 0.2) is 0 Å². The molecule has 176 valence electrons. The molecule has 0 unspecified atom stereocenters. The lowest BCUT2D eigenvalue weighted by molar-refractivity contribution is -0.104. The van der Waals surface area contributed by atoms with Gasteiger partial charge in [0.2, 0.25) is 0 Å². The number of aldehydes is 1. The van der Waals surface area contributed by atoms with E-state index in [1.54, 1.807) is 12.1 Å². The van der Waals surface area contributed by atoms with Crippen molar-refractivity contribution in [3.63, 3.8) is 0 Å². The second-order valence-corrected chi connectivity index (χ2v) is 8.69. The van der Waals surface area contributed by atoms with Crippen molar-refractivity contribution in [2.75, 3.05) is 0 Å². The van der Waals surface area contributed by atoms with E-state index in [0.29, 0.717) is 17.9 Å². The van der Waals surface area contributed by atoms with Gasteiger partial charge in [-0.2, -0.15) is 5.26 Å². The molecule has 0 saturated carbocycles. The van der Waals surface area contributed by atoms with Crippen LogP contribution in [0.3, 0.4) is 0 Å². The molecule has 2 aromatic carbocycles. The van der Waals surface area contributed by atoms with Gasteiger partial charge in [-0.25, -0.2) is 4.98 Å². The highest BCUT2D eigenvalue weighted by Crippen LogP contribution is 2.42. The van der Waals surface area contributed by atoms with E-state index in [4.69, 9.17) is 23.2 Å². The maximum atomic E-state index is 10.7. The number of carbonyl (C=O) groups excluding carboxylic acids is 1. The molecule has 0 radical (unpaired) electrons. The number of hydrogen-bond donors (Lipinski definition) is 0. The van der Waals surface area contributed by atoms with Crippen LogP contribution in [0.2, 0.25) is 5.15 Å². The van der Waals surface area contributed by atoms with Crippen LogP contribution in [0.25, 0.3) is 22.3 Å². The van der Waals surface area contributed by atoms with Crippen molar-refractivity contribution in [3.8, 4) is 6.07 Å². The van der Waals surface area contributed by atoms with Crippen LogP contribution in [0.5, 0.6) is 0 Å². The van der Waals surface area contributed by atoms with Crippen LogP contribution < -0.4 is 0 Å². The molecule has 5 heteroatoms. The second-order valence-electron chi connectivity index (χ2n) is 7.93. The molecule has 0 aliphatic carbocycles. The smallest absolute Gasteiger partial charge is 0.149 e. The Kier molecular flexibility index (Phi) is 9.20. The van der Waals surface area contributed by atoms with Crippen LogP contribution in [0.4, 0.5) is 0 Å². The van der Waals surface area contributed by atoms with Gasteiger partial charge in [0.25, 0.3) is 0 Å². The number of rotatable bonds is 8. The Bertz CT molecular complexity index is 1360. The van der Waals surface area contributed by atoms with Crippen molar-refractivity contribution >= 4 is 51.7 Å². The molecule has 1 heterocycles. The van der Waals surface area contributed by atoms with E-state index in [2.05, 4.69) is 24.9 Å². The second kappa shape index (κ2) is 12.3. The first-order chi connectivity index (χ1) is 16.9. The molecule has 0 aliphatic rings. The summed E-state index contributed by atoms with van der Waals surface area (Å²) in [5, 5.41) is 10.8. The van der Waals surface area contributed by atoms with E-state index < -0.39 is 0 Å². The Hall–Kier alpha value is -3.45. The van der Waals surface area contributed by atoms with Crippen molar-refractivity contribution < 1.29 is 4.79 Å². The monoisotopic (exact) mass is 500 g/mol. The van der Waals surface area contributed by atoms with Crippen LogP contribution >= 0.6 is 23.2 Å². The van der Waals surface area contributed by atoms with Gasteiger partial charge in [-0.1, -0.05) is 91.7 Å². The molecule has 0 saturated heterocycles. The number of allylic oxidation sites excluding steroid dienone is 4. The van der Waals surface area contributed by atoms with Crippen molar-refractivity contribution in [2.45, 2.75) is 33.6 Å². The molecule has 0 aliphatic heterocycles. The first-order valence-electron chi connectivity index (χ1n) is 11.4. The SMILES string of the molecule is CCC(=C(/Cl)c1ccccc1C)/C(=C(\CC)c1ccc(Cl)nc1C#N)c1ccc(/C=C/C=O)cc1. The summed E-state index contributed by atoms with van der Waals surface area (Å²) in [6.07, 6.45) is 5.32. The normalized spacial score (nSPS) is 12.7. The van der Waals surface area contributed by atoms with Crippen molar-refractivity contribution in [2.24, 2.45) is 0 Å². The highest BCUT2D eigenvalue weighted by molar-refractivity contribution is 6.50. The molecule has 0 N–H and O–H groups in total. The van der Waals surface area contributed by atoms with Crippen LogP contribution in [-0.4, -0.2) is 11.3 Å². The summed E-state index contributed by atoms with van der Waals surface area (Å²) in [5.74, 6) is 0.